The standard InChI is InChI=1S/C16H13BrN4O2/c1-10-6-13(22)2-3-14(10)21-16(23)11(8-18)9-20-15-7-12(17)4-5-19-15/h2-7,9,22H,1H3,(H,19,20)(H,21,23)/b11-9-. The van der Waals surface area contributed by atoms with Crippen LogP contribution in [0.4, 0.5) is 11.5 Å². The van der Waals surface area contributed by atoms with Gasteiger partial charge in [0.05, 0.1) is 0 Å². The van der Waals surface area contributed by atoms with Crippen molar-refractivity contribution >= 4 is 33.3 Å². The van der Waals surface area contributed by atoms with Crippen molar-refractivity contribution in [2.24, 2.45) is 0 Å². The molecule has 1 amide bonds. The predicted octanol–water partition coefficient (Wildman–Crippen LogP) is 3.32. The Kier molecular flexibility index (Phi) is 5.33. The van der Waals surface area contributed by atoms with Crippen molar-refractivity contribution < 1.29 is 9.90 Å². The third kappa shape index (κ3) is 4.56. The topological polar surface area (TPSA) is 98.0 Å². The van der Waals surface area contributed by atoms with Crippen molar-refractivity contribution in [3.8, 4) is 11.8 Å². The van der Waals surface area contributed by atoms with Crippen LogP contribution in [-0.2, 0) is 4.79 Å². The number of pyridine rings is 1. The van der Waals surface area contributed by atoms with Gasteiger partial charge < -0.3 is 15.7 Å². The zero-order valence-electron chi connectivity index (χ0n) is 12.2. The van der Waals surface area contributed by atoms with E-state index in [9.17, 15) is 9.90 Å². The first-order chi connectivity index (χ1) is 11.0. The van der Waals surface area contributed by atoms with Gasteiger partial charge in [0, 0.05) is 22.6 Å². The Bertz CT molecular complexity index is 812. The molecule has 1 aromatic heterocycles. The lowest BCUT2D eigenvalue weighted by molar-refractivity contribution is -0.112. The van der Waals surface area contributed by atoms with Gasteiger partial charge in [0.1, 0.15) is 23.2 Å². The Labute approximate surface area is 141 Å². The van der Waals surface area contributed by atoms with Crippen molar-refractivity contribution in [3.63, 3.8) is 0 Å². The lowest BCUT2D eigenvalue weighted by atomic mass is 10.2. The van der Waals surface area contributed by atoms with Crippen LogP contribution in [0.15, 0.2) is 52.8 Å². The Morgan fingerprint density at radius 2 is 2.17 bits per heavy atom. The molecule has 1 heterocycles. The van der Waals surface area contributed by atoms with E-state index in [0.717, 1.165) is 4.47 Å². The molecule has 0 radical (unpaired) electrons. The number of benzene rings is 1. The number of nitriles is 1. The third-order valence-electron chi connectivity index (χ3n) is 2.91. The van der Waals surface area contributed by atoms with Crippen LogP contribution >= 0.6 is 15.9 Å². The van der Waals surface area contributed by atoms with E-state index in [-0.39, 0.29) is 11.3 Å². The van der Waals surface area contributed by atoms with Crippen LogP contribution in [0.25, 0.3) is 0 Å². The van der Waals surface area contributed by atoms with Gasteiger partial charge in [-0.05, 0) is 42.8 Å². The van der Waals surface area contributed by atoms with Crippen LogP contribution < -0.4 is 10.6 Å². The van der Waals surface area contributed by atoms with E-state index in [1.165, 1.54) is 18.3 Å². The van der Waals surface area contributed by atoms with Crippen LogP contribution in [0.5, 0.6) is 5.75 Å². The average molecular weight is 373 g/mol. The summed E-state index contributed by atoms with van der Waals surface area (Å²) in [7, 11) is 0. The second-order valence-electron chi connectivity index (χ2n) is 4.63. The highest BCUT2D eigenvalue weighted by Crippen LogP contribution is 2.20. The fraction of sp³-hybridized carbons (Fsp3) is 0.0625. The molecule has 116 valence electrons. The molecule has 2 aromatic rings. The van der Waals surface area contributed by atoms with E-state index in [4.69, 9.17) is 5.26 Å². The summed E-state index contributed by atoms with van der Waals surface area (Å²) in [4.78, 5) is 16.2. The molecule has 0 spiro atoms. The van der Waals surface area contributed by atoms with Gasteiger partial charge in [-0.25, -0.2) is 4.98 Å². The molecule has 1 aromatic carbocycles. The molecule has 0 aliphatic carbocycles. The number of rotatable bonds is 4. The Hall–Kier alpha value is -2.85. The number of nitrogens with zero attached hydrogens (tertiary/aromatic N) is 2. The van der Waals surface area contributed by atoms with Crippen LogP contribution in [-0.4, -0.2) is 16.0 Å². The largest absolute Gasteiger partial charge is 0.508 e. The maximum absolute atomic E-state index is 12.1. The normalized spacial score (nSPS) is 10.7. The molecule has 0 saturated carbocycles. The summed E-state index contributed by atoms with van der Waals surface area (Å²) >= 11 is 3.31. The molecule has 0 aliphatic rings. The summed E-state index contributed by atoms with van der Waals surface area (Å²) in [5.74, 6) is 0.0588. The number of aromatic hydroxyl groups is 1. The second kappa shape index (κ2) is 7.42. The van der Waals surface area contributed by atoms with Crippen molar-refractivity contribution in [1.82, 2.24) is 4.98 Å². The Morgan fingerprint density at radius 3 is 2.83 bits per heavy atom. The first kappa shape index (κ1) is 16.5. The molecule has 3 N–H and O–H groups in total. The minimum atomic E-state index is -0.552. The Morgan fingerprint density at radius 1 is 1.39 bits per heavy atom. The molecule has 0 fully saturated rings. The van der Waals surface area contributed by atoms with E-state index < -0.39 is 5.91 Å². The maximum atomic E-state index is 12.1. The molecule has 0 saturated heterocycles. The molecular formula is C16H13BrN4O2. The number of carbonyl (C=O) groups is 1. The minimum Gasteiger partial charge on any atom is -0.508 e. The van der Waals surface area contributed by atoms with Crippen molar-refractivity contribution in [3.05, 3.63) is 58.3 Å². The van der Waals surface area contributed by atoms with Gasteiger partial charge in [-0.3, -0.25) is 4.79 Å². The summed E-state index contributed by atoms with van der Waals surface area (Å²) < 4.78 is 0.825. The van der Waals surface area contributed by atoms with Gasteiger partial charge in [-0.1, -0.05) is 15.9 Å². The predicted molar refractivity (Wildman–Crippen MR) is 90.7 cm³/mol. The van der Waals surface area contributed by atoms with Crippen LogP contribution in [0.1, 0.15) is 5.56 Å². The monoisotopic (exact) mass is 372 g/mol. The van der Waals surface area contributed by atoms with Crippen LogP contribution in [0.3, 0.4) is 0 Å². The van der Waals surface area contributed by atoms with Crippen LogP contribution in [0.2, 0.25) is 0 Å². The minimum absolute atomic E-state index is 0.0979. The summed E-state index contributed by atoms with van der Waals surface area (Å²) in [6.07, 6.45) is 2.88. The number of amides is 1. The lowest BCUT2D eigenvalue weighted by Gasteiger charge is -2.08. The zero-order chi connectivity index (χ0) is 16.8. The van der Waals surface area contributed by atoms with Crippen molar-refractivity contribution in [2.75, 3.05) is 10.6 Å². The zero-order valence-corrected chi connectivity index (χ0v) is 13.8. The van der Waals surface area contributed by atoms with Crippen molar-refractivity contribution in [2.45, 2.75) is 6.92 Å². The molecule has 0 atom stereocenters. The maximum Gasteiger partial charge on any atom is 0.267 e. The summed E-state index contributed by atoms with van der Waals surface area (Å²) in [6.45, 7) is 1.74. The number of aryl methyl sites for hydroxylation is 1. The first-order valence-corrected chi connectivity index (χ1v) is 7.38. The molecule has 23 heavy (non-hydrogen) atoms. The van der Waals surface area contributed by atoms with E-state index in [1.54, 1.807) is 31.3 Å². The molecule has 7 heteroatoms. The van der Waals surface area contributed by atoms with E-state index >= 15 is 0 Å². The van der Waals surface area contributed by atoms with Gasteiger partial charge >= 0.3 is 0 Å². The number of aromatic nitrogens is 1. The number of hydrogen-bond donors (Lipinski definition) is 3. The fourth-order valence-corrected chi connectivity index (χ4v) is 2.09. The third-order valence-corrected chi connectivity index (χ3v) is 3.40. The number of halogens is 1. The summed E-state index contributed by atoms with van der Waals surface area (Å²) in [5, 5.41) is 23.9. The first-order valence-electron chi connectivity index (χ1n) is 6.59. The highest BCUT2D eigenvalue weighted by Gasteiger charge is 2.11. The van der Waals surface area contributed by atoms with E-state index in [1.807, 2.05) is 6.07 Å². The molecule has 0 bridgehead atoms. The van der Waals surface area contributed by atoms with Gasteiger partial charge in [0.25, 0.3) is 5.91 Å². The lowest BCUT2D eigenvalue weighted by Crippen LogP contribution is -2.15. The highest BCUT2D eigenvalue weighted by atomic mass is 79.9. The number of carbonyl (C=O) groups excluding carboxylic acids is 1. The van der Waals surface area contributed by atoms with Gasteiger partial charge in [-0.2, -0.15) is 5.26 Å². The highest BCUT2D eigenvalue weighted by molar-refractivity contribution is 9.10. The van der Waals surface area contributed by atoms with Crippen molar-refractivity contribution in [1.29, 1.82) is 5.26 Å². The second-order valence-corrected chi connectivity index (χ2v) is 5.54. The average Bonchev–Trinajstić information content (AvgIpc) is 2.51. The number of phenols is 1. The molecule has 2 rings (SSSR count). The smallest absolute Gasteiger partial charge is 0.267 e. The number of nitrogens with one attached hydrogen (secondary N) is 2. The molecule has 0 unspecified atom stereocenters. The molecule has 0 aliphatic heterocycles. The van der Waals surface area contributed by atoms with Gasteiger partial charge in [0.2, 0.25) is 0 Å². The molecule has 6 nitrogen and oxygen atoms in total. The van der Waals surface area contributed by atoms with Gasteiger partial charge in [0.15, 0.2) is 0 Å². The van der Waals surface area contributed by atoms with E-state index in [0.29, 0.717) is 17.1 Å². The number of anilines is 2. The van der Waals surface area contributed by atoms with Gasteiger partial charge in [-0.15, -0.1) is 0 Å². The number of phenolic OH excluding ortho intramolecular Hbond substituents is 1. The Balaban J connectivity index is 2.12. The molecular weight excluding hydrogens is 360 g/mol. The fourth-order valence-electron chi connectivity index (χ4n) is 1.76. The van der Waals surface area contributed by atoms with E-state index in [2.05, 4.69) is 31.5 Å². The number of hydrogen-bond acceptors (Lipinski definition) is 5. The summed E-state index contributed by atoms with van der Waals surface area (Å²) in [5.41, 5.74) is 1.12. The quantitative estimate of drug-likeness (QED) is 0.434. The summed E-state index contributed by atoms with van der Waals surface area (Å²) in [6, 6.07) is 9.87. The SMILES string of the molecule is Cc1cc(O)ccc1NC(=O)/C(C#N)=C\Nc1cc(Br)ccn1. The van der Waals surface area contributed by atoms with Crippen LogP contribution in [0, 0.1) is 18.3 Å².